The molecule has 1 aliphatic rings. The van der Waals surface area contributed by atoms with Crippen LogP contribution in [0.5, 0.6) is 0 Å². The number of nitrogens with one attached hydrogen (secondary N) is 2. The van der Waals surface area contributed by atoms with E-state index in [1.54, 1.807) is 6.92 Å². The molecule has 0 spiro atoms. The lowest BCUT2D eigenvalue weighted by Gasteiger charge is -2.43. The number of pyridine rings is 1. The minimum Gasteiger partial charge on any atom is -0.350 e. The van der Waals surface area contributed by atoms with E-state index < -0.39 is 0 Å². The standard InChI is InChI=1S/C18H29N3O2/c1-5-14-7-6-8-21(11-14)18(3,4)12-20-17(23)15-10-19-16(22)9-13(15)2/h9-10,14H,5-8,11-12H2,1-4H3,(H,19,22)(H,20,23)/t14-/m1/s1. The summed E-state index contributed by atoms with van der Waals surface area (Å²) < 4.78 is 0. The average molecular weight is 319 g/mol. The van der Waals surface area contributed by atoms with Gasteiger partial charge >= 0.3 is 0 Å². The summed E-state index contributed by atoms with van der Waals surface area (Å²) >= 11 is 0. The Morgan fingerprint density at radius 3 is 2.87 bits per heavy atom. The summed E-state index contributed by atoms with van der Waals surface area (Å²) in [7, 11) is 0. The smallest absolute Gasteiger partial charge is 0.253 e. The van der Waals surface area contributed by atoms with Crippen LogP contribution < -0.4 is 10.9 Å². The van der Waals surface area contributed by atoms with E-state index in [0.29, 0.717) is 17.7 Å². The number of aromatic amines is 1. The second kappa shape index (κ2) is 7.30. The molecule has 2 N–H and O–H groups in total. The van der Waals surface area contributed by atoms with Gasteiger partial charge in [-0.2, -0.15) is 0 Å². The number of piperidine rings is 1. The number of carbonyl (C=O) groups excluding carboxylic acids is 1. The van der Waals surface area contributed by atoms with Crippen molar-refractivity contribution in [3.8, 4) is 0 Å². The number of nitrogens with zero attached hydrogens (tertiary/aromatic N) is 1. The van der Waals surface area contributed by atoms with Gasteiger partial charge in [-0.05, 0) is 51.6 Å². The number of aryl methyl sites for hydroxylation is 1. The van der Waals surface area contributed by atoms with Gasteiger partial charge in [0.05, 0.1) is 5.56 Å². The number of rotatable bonds is 5. The Kier molecular flexibility index (Phi) is 5.63. The second-order valence-electron chi connectivity index (χ2n) is 7.25. The van der Waals surface area contributed by atoms with Gasteiger partial charge < -0.3 is 10.3 Å². The van der Waals surface area contributed by atoms with Crippen molar-refractivity contribution in [3.05, 3.63) is 33.7 Å². The highest BCUT2D eigenvalue weighted by molar-refractivity contribution is 5.95. The lowest BCUT2D eigenvalue weighted by molar-refractivity contribution is 0.0612. The highest BCUT2D eigenvalue weighted by Gasteiger charge is 2.31. The Hall–Kier alpha value is -1.62. The molecule has 1 atom stereocenters. The maximum atomic E-state index is 12.4. The first-order chi connectivity index (χ1) is 10.8. The number of carbonyl (C=O) groups is 1. The lowest BCUT2D eigenvalue weighted by Crippen LogP contribution is -2.54. The first-order valence-electron chi connectivity index (χ1n) is 8.56. The molecule has 5 heteroatoms. The first-order valence-corrected chi connectivity index (χ1v) is 8.56. The number of likely N-dealkylation sites (tertiary alicyclic amines) is 1. The molecule has 1 fully saturated rings. The van der Waals surface area contributed by atoms with Gasteiger partial charge in [0.1, 0.15) is 0 Å². The molecule has 1 amide bonds. The van der Waals surface area contributed by atoms with E-state index in [0.717, 1.165) is 19.0 Å². The van der Waals surface area contributed by atoms with Crippen LogP contribution in [0.25, 0.3) is 0 Å². The van der Waals surface area contributed by atoms with E-state index >= 15 is 0 Å². The number of amides is 1. The largest absolute Gasteiger partial charge is 0.350 e. The van der Waals surface area contributed by atoms with Gasteiger partial charge in [0.25, 0.3) is 5.91 Å². The SMILES string of the molecule is CC[C@@H]1CCCN(C(C)(C)CNC(=O)c2c[nH]c(=O)cc2C)C1. The predicted molar refractivity (Wildman–Crippen MR) is 92.8 cm³/mol. The van der Waals surface area contributed by atoms with Crippen LogP contribution in [0.4, 0.5) is 0 Å². The Bertz CT molecular complexity index is 607. The van der Waals surface area contributed by atoms with Crippen molar-refractivity contribution in [2.45, 2.75) is 52.5 Å². The third-order valence-corrected chi connectivity index (χ3v) is 5.01. The molecular formula is C18H29N3O2. The Balaban J connectivity index is 1.98. The van der Waals surface area contributed by atoms with Crippen LogP contribution in [0.2, 0.25) is 0 Å². The molecule has 2 rings (SSSR count). The maximum Gasteiger partial charge on any atom is 0.253 e. The van der Waals surface area contributed by atoms with Crippen LogP contribution in [-0.4, -0.2) is 41.0 Å². The maximum absolute atomic E-state index is 12.4. The van der Waals surface area contributed by atoms with Crippen LogP contribution in [0, 0.1) is 12.8 Å². The minimum absolute atomic E-state index is 0.0698. The van der Waals surface area contributed by atoms with Gasteiger partial charge in [-0.1, -0.05) is 13.3 Å². The molecule has 2 heterocycles. The first kappa shape index (κ1) is 17.7. The molecular weight excluding hydrogens is 290 g/mol. The number of H-pyrrole nitrogens is 1. The van der Waals surface area contributed by atoms with Crippen LogP contribution in [0.3, 0.4) is 0 Å². The normalized spacial score (nSPS) is 19.6. The fraction of sp³-hybridized carbons (Fsp3) is 0.667. The molecule has 0 aromatic carbocycles. The third kappa shape index (κ3) is 4.44. The van der Waals surface area contributed by atoms with E-state index in [-0.39, 0.29) is 17.0 Å². The molecule has 1 aliphatic heterocycles. The Morgan fingerprint density at radius 2 is 2.22 bits per heavy atom. The van der Waals surface area contributed by atoms with E-state index in [9.17, 15) is 9.59 Å². The summed E-state index contributed by atoms with van der Waals surface area (Å²) in [6.45, 7) is 11.2. The molecule has 0 bridgehead atoms. The number of hydrogen-bond acceptors (Lipinski definition) is 3. The number of aromatic nitrogens is 1. The molecule has 0 saturated carbocycles. The number of hydrogen-bond donors (Lipinski definition) is 2. The van der Waals surface area contributed by atoms with E-state index in [1.807, 2.05) is 0 Å². The van der Waals surface area contributed by atoms with Crippen molar-refractivity contribution >= 4 is 5.91 Å². The molecule has 0 radical (unpaired) electrons. The topological polar surface area (TPSA) is 65.2 Å². The van der Waals surface area contributed by atoms with Crippen molar-refractivity contribution < 1.29 is 4.79 Å². The fourth-order valence-corrected chi connectivity index (χ4v) is 3.27. The predicted octanol–water partition coefficient (Wildman–Crippen LogP) is 2.31. The van der Waals surface area contributed by atoms with Crippen LogP contribution >= 0.6 is 0 Å². The van der Waals surface area contributed by atoms with Gasteiger partial charge in [0.15, 0.2) is 0 Å². The highest BCUT2D eigenvalue weighted by atomic mass is 16.1. The van der Waals surface area contributed by atoms with E-state index in [1.165, 1.54) is 31.5 Å². The molecule has 128 valence electrons. The zero-order valence-corrected chi connectivity index (χ0v) is 14.7. The summed E-state index contributed by atoms with van der Waals surface area (Å²) in [5, 5.41) is 3.03. The highest BCUT2D eigenvalue weighted by Crippen LogP contribution is 2.25. The average Bonchev–Trinajstić information content (AvgIpc) is 2.53. The summed E-state index contributed by atoms with van der Waals surface area (Å²) in [6, 6.07) is 1.45. The van der Waals surface area contributed by atoms with E-state index in [2.05, 4.69) is 36.0 Å². The summed E-state index contributed by atoms with van der Waals surface area (Å²) in [4.78, 5) is 28.7. The molecule has 0 unspecified atom stereocenters. The van der Waals surface area contributed by atoms with Crippen molar-refractivity contribution in [1.29, 1.82) is 0 Å². The van der Waals surface area contributed by atoms with Crippen LogP contribution in [-0.2, 0) is 0 Å². The van der Waals surface area contributed by atoms with E-state index in [4.69, 9.17) is 0 Å². The Labute approximate surface area is 138 Å². The molecule has 1 aromatic rings. The molecule has 0 aliphatic carbocycles. The van der Waals surface area contributed by atoms with Crippen molar-refractivity contribution in [3.63, 3.8) is 0 Å². The van der Waals surface area contributed by atoms with Gasteiger partial charge in [0.2, 0.25) is 5.56 Å². The Morgan fingerprint density at radius 1 is 1.48 bits per heavy atom. The van der Waals surface area contributed by atoms with Gasteiger partial charge in [-0.25, -0.2) is 0 Å². The lowest BCUT2D eigenvalue weighted by atomic mass is 9.91. The van der Waals surface area contributed by atoms with Gasteiger partial charge in [0, 0.05) is 30.9 Å². The fourth-order valence-electron chi connectivity index (χ4n) is 3.27. The minimum atomic E-state index is -0.182. The molecule has 1 saturated heterocycles. The summed E-state index contributed by atoms with van der Waals surface area (Å²) in [6.07, 6.45) is 5.25. The van der Waals surface area contributed by atoms with Crippen molar-refractivity contribution in [2.24, 2.45) is 5.92 Å². The van der Waals surface area contributed by atoms with Crippen molar-refractivity contribution in [2.75, 3.05) is 19.6 Å². The zero-order chi connectivity index (χ0) is 17.0. The summed E-state index contributed by atoms with van der Waals surface area (Å²) in [5.41, 5.74) is 0.983. The van der Waals surface area contributed by atoms with Gasteiger partial charge in [-0.15, -0.1) is 0 Å². The molecule has 5 nitrogen and oxygen atoms in total. The van der Waals surface area contributed by atoms with Crippen molar-refractivity contribution in [1.82, 2.24) is 15.2 Å². The van der Waals surface area contributed by atoms with Gasteiger partial charge in [-0.3, -0.25) is 14.5 Å². The quantitative estimate of drug-likeness (QED) is 0.875. The molecule has 1 aromatic heterocycles. The van der Waals surface area contributed by atoms with Crippen LogP contribution in [0.15, 0.2) is 17.1 Å². The second-order valence-corrected chi connectivity index (χ2v) is 7.25. The van der Waals surface area contributed by atoms with Crippen LogP contribution in [0.1, 0.15) is 56.0 Å². The molecule has 23 heavy (non-hydrogen) atoms. The zero-order valence-electron chi connectivity index (χ0n) is 14.7. The monoisotopic (exact) mass is 319 g/mol. The third-order valence-electron chi connectivity index (χ3n) is 5.01. The summed E-state index contributed by atoms with van der Waals surface area (Å²) in [5.74, 6) is 0.635.